The minimum Gasteiger partial charge on any atom is -0.656 e. The van der Waals surface area contributed by atoms with Crippen LogP contribution in [0.25, 0.3) is 4.65 Å². The summed E-state index contributed by atoms with van der Waals surface area (Å²) in [6, 6.07) is 32.7. The van der Waals surface area contributed by atoms with Gasteiger partial charge in [-0.3, -0.25) is 0 Å². The van der Waals surface area contributed by atoms with Crippen LogP contribution >= 0.6 is 0 Å². The summed E-state index contributed by atoms with van der Waals surface area (Å²) in [6.07, 6.45) is 0. The number of hydrogen-bond donors (Lipinski definition) is 0. The van der Waals surface area contributed by atoms with E-state index >= 15 is 0 Å². The van der Waals surface area contributed by atoms with E-state index in [4.69, 9.17) is 4.65 Å². The predicted molar refractivity (Wildman–Crippen MR) is 111 cm³/mol. The molecule has 0 bridgehead atoms. The first-order valence-electron chi connectivity index (χ1n) is 8.43. The number of rotatable bonds is 5. The van der Waals surface area contributed by atoms with Crippen LogP contribution in [0.4, 0.5) is 0 Å². The van der Waals surface area contributed by atoms with E-state index in [1.165, 1.54) is 15.6 Å². The Morgan fingerprint density at radius 1 is 0.520 bits per heavy atom. The van der Waals surface area contributed by atoms with E-state index in [0.717, 1.165) is 0 Å². The van der Waals surface area contributed by atoms with Gasteiger partial charge in [-0.25, -0.2) is 0 Å². The van der Waals surface area contributed by atoms with Gasteiger partial charge < -0.3 is 4.65 Å². The van der Waals surface area contributed by atoms with E-state index in [1.807, 2.05) is 0 Å². The smallest absolute Gasteiger partial charge is 0.656 e. The largest absolute Gasteiger partial charge is 1.00 e. The summed E-state index contributed by atoms with van der Waals surface area (Å²) in [7, 11) is -4.03. The molecule has 3 rings (SSSR count). The molecule has 3 aromatic carbocycles. The molecule has 4 heteroatoms. The molecule has 0 atom stereocenters. The Hall–Kier alpha value is -1.35. The van der Waals surface area contributed by atoms with Crippen molar-refractivity contribution in [2.75, 3.05) is 0 Å². The molecule has 0 spiro atoms. The summed E-state index contributed by atoms with van der Waals surface area (Å²) in [5, 5.41) is 4.10. The van der Waals surface area contributed by atoms with Crippen molar-refractivity contribution in [3.8, 4) is 0 Å². The third-order valence-corrected chi connectivity index (χ3v) is 11.6. The van der Waals surface area contributed by atoms with Crippen molar-refractivity contribution >= 4 is 32.0 Å². The van der Waals surface area contributed by atoms with Crippen molar-refractivity contribution in [3.63, 3.8) is 0 Å². The van der Waals surface area contributed by atoms with Crippen LogP contribution in [0.2, 0.25) is 19.6 Å². The van der Waals surface area contributed by atoms with Crippen molar-refractivity contribution in [3.05, 3.63) is 95.6 Å². The van der Waals surface area contributed by atoms with E-state index in [0.29, 0.717) is 0 Å². The van der Waals surface area contributed by atoms with Gasteiger partial charge in [-0.1, -0.05) is 134 Å². The average molecular weight is 354 g/mol. The van der Waals surface area contributed by atoms with Gasteiger partial charge in [0.05, 0.1) is 0 Å². The second kappa shape index (κ2) is 8.35. The van der Waals surface area contributed by atoms with Crippen molar-refractivity contribution in [2.24, 2.45) is 0 Å². The SMILES string of the molecule is C[Si](C)(C)[N-][Si](c1ccccc1)(c1ccccc1)c1ccccc1.[Li+]. The van der Waals surface area contributed by atoms with Gasteiger partial charge >= 0.3 is 18.9 Å². The van der Waals surface area contributed by atoms with Gasteiger partial charge in [0.2, 0.25) is 0 Å². The Morgan fingerprint density at radius 2 is 0.800 bits per heavy atom. The maximum absolute atomic E-state index is 5.63. The topological polar surface area (TPSA) is 14.1 Å². The van der Waals surface area contributed by atoms with E-state index in [2.05, 4.69) is 111 Å². The summed E-state index contributed by atoms with van der Waals surface area (Å²) < 4.78 is 5.63. The number of benzene rings is 3. The van der Waals surface area contributed by atoms with Gasteiger partial charge in [0.25, 0.3) is 0 Å². The Bertz CT molecular complexity index is 675. The molecule has 0 amide bonds. The molecule has 122 valence electrons. The first-order valence-corrected chi connectivity index (χ1v) is 13.8. The van der Waals surface area contributed by atoms with Gasteiger partial charge in [0.15, 0.2) is 0 Å². The summed E-state index contributed by atoms with van der Waals surface area (Å²) >= 11 is 0. The van der Waals surface area contributed by atoms with E-state index in [-0.39, 0.29) is 18.9 Å². The zero-order valence-corrected chi connectivity index (χ0v) is 17.6. The van der Waals surface area contributed by atoms with E-state index in [9.17, 15) is 0 Å². The molecule has 0 aliphatic rings. The summed E-state index contributed by atoms with van der Waals surface area (Å²) in [6.45, 7) is 7.01. The molecule has 0 N–H and O–H groups in total. The molecule has 0 radical (unpaired) electrons. The zero-order valence-electron chi connectivity index (χ0n) is 15.6. The molecule has 0 aromatic heterocycles. The molecule has 0 heterocycles. The van der Waals surface area contributed by atoms with E-state index < -0.39 is 16.5 Å². The second-order valence-corrected chi connectivity index (χ2v) is 15.5. The third-order valence-electron chi connectivity index (χ3n) is 4.08. The van der Waals surface area contributed by atoms with E-state index in [1.54, 1.807) is 0 Å². The van der Waals surface area contributed by atoms with Crippen LogP contribution in [-0.2, 0) is 0 Å². The molecule has 0 aliphatic heterocycles. The van der Waals surface area contributed by atoms with Crippen LogP contribution in [0.3, 0.4) is 0 Å². The number of nitrogens with zero attached hydrogens (tertiary/aromatic N) is 1. The number of hydrogen-bond acceptors (Lipinski definition) is 0. The van der Waals surface area contributed by atoms with Crippen molar-refractivity contribution in [1.82, 2.24) is 0 Å². The van der Waals surface area contributed by atoms with Crippen LogP contribution in [-0.4, -0.2) is 16.5 Å². The fraction of sp³-hybridized carbons (Fsp3) is 0.143. The quantitative estimate of drug-likeness (QED) is 0.477. The standard InChI is InChI=1S/C21H24NSi2.Li/c1-23(2,3)22-24(19-13-7-4-8-14-19,20-15-9-5-10-16-20)21-17-11-6-12-18-21;/h4-18H,1-3H3;/q-1;+1. The Kier molecular flexibility index (Phi) is 6.67. The Labute approximate surface area is 165 Å². The van der Waals surface area contributed by atoms with Gasteiger partial charge in [-0.15, -0.1) is 0 Å². The monoisotopic (exact) mass is 353 g/mol. The second-order valence-electron chi connectivity index (χ2n) is 7.09. The molecule has 0 aliphatic carbocycles. The molecular weight excluding hydrogens is 329 g/mol. The molecule has 0 saturated heterocycles. The first-order chi connectivity index (χ1) is 11.5. The summed E-state index contributed by atoms with van der Waals surface area (Å²) in [5.74, 6) is 0. The first kappa shape index (κ1) is 20.0. The Balaban J connectivity index is 0.00000225. The fourth-order valence-corrected chi connectivity index (χ4v) is 11.8. The maximum Gasteiger partial charge on any atom is 1.00 e. The molecule has 0 fully saturated rings. The van der Waals surface area contributed by atoms with Crippen LogP contribution in [0.15, 0.2) is 91.0 Å². The fourth-order valence-electron chi connectivity index (χ4n) is 3.23. The third kappa shape index (κ3) is 4.44. The summed E-state index contributed by atoms with van der Waals surface area (Å²) in [5.41, 5.74) is 0. The molecular formula is C21H24LiNSi2. The molecule has 25 heavy (non-hydrogen) atoms. The van der Waals surface area contributed by atoms with Crippen LogP contribution in [0.1, 0.15) is 0 Å². The van der Waals surface area contributed by atoms with Gasteiger partial charge in [0, 0.05) is 8.24 Å². The molecule has 0 saturated carbocycles. The maximum atomic E-state index is 5.63. The van der Waals surface area contributed by atoms with Crippen LogP contribution in [0, 0.1) is 0 Å². The zero-order chi connectivity index (χ0) is 17.0. The molecule has 3 aromatic rings. The predicted octanol–water partition coefficient (Wildman–Crippen LogP) is 0.866. The summed E-state index contributed by atoms with van der Waals surface area (Å²) in [4.78, 5) is 0. The minimum atomic E-state index is -2.37. The van der Waals surface area contributed by atoms with Crippen LogP contribution < -0.4 is 34.4 Å². The van der Waals surface area contributed by atoms with Crippen molar-refractivity contribution < 1.29 is 18.9 Å². The molecule has 1 nitrogen and oxygen atoms in total. The average Bonchev–Trinajstić information content (AvgIpc) is 2.61. The van der Waals surface area contributed by atoms with Gasteiger partial charge in [-0.2, -0.15) is 0 Å². The van der Waals surface area contributed by atoms with Crippen molar-refractivity contribution in [2.45, 2.75) is 19.6 Å². The Morgan fingerprint density at radius 3 is 1.04 bits per heavy atom. The van der Waals surface area contributed by atoms with Gasteiger partial charge in [0.1, 0.15) is 0 Å². The van der Waals surface area contributed by atoms with Gasteiger partial charge in [-0.05, 0) is 0 Å². The minimum absolute atomic E-state index is 0. The van der Waals surface area contributed by atoms with Crippen LogP contribution in [0.5, 0.6) is 0 Å². The normalized spacial score (nSPS) is 11.6. The van der Waals surface area contributed by atoms with Crippen molar-refractivity contribution in [1.29, 1.82) is 0 Å². The molecule has 0 unspecified atom stereocenters.